The van der Waals surface area contributed by atoms with Crippen LogP contribution in [0.2, 0.25) is 0 Å². The normalized spacial score (nSPS) is 26.6. The van der Waals surface area contributed by atoms with Crippen LogP contribution in [0.15, 0.2) is 6.07 Å². The second-order valence-corrected chi connectivity index (χ2v) is 6.60. The van der Waals surface area contributed by atoms with Gasteiger partial charge < -0.3 is 10.1 Å². The number of aromatic nitrogens is 2. The SMILES string of the molecule is Cc1cc(OC(C)C)nc(NC2CC(C)CC(C)C2)n1. The van der Waals surface area contributed by atoms with Gasteiger partial charge in [0, 0.05) is 17.8 Å². The molecule has 1 aliphatic rings. The van der Waals surface area contributed by atoms with E-state index >= 15 is 0 Å². The molecule has 4 heteroatoms. The Balaban J connectivity index is 2.06. The van der Waals surface area contributed by atoms with E-state index in [2.05, 4.69) is 29.1 Å². The van der Waals surface area contributed by atoms with Crippen molar-refractivity contribution < 1.29 is 4.74 Å². The van der Waals surface area contributed by atoms with Gasteiger partial charge in [0.25, 0.3) is 0 Å². The van der Waals surface area contributed by atoms with Crippen LogP contribution in [-0.2, 0) is 0 Å². The van der Waals surface area contributed by atoms with E-state index in [1.165, 1.54) is 19.3 Å². The van der Waals surface area contributed by atoms with Gasteiger partial charge in [0.05, 0.1) is 6.10 Å². The number of hydrogen-bond acceptors (Lipinski definition) is 4. The Bertz CT molecular complexity index is 437. The molecule has 0 spiro atoms. The summed E-state index contributed by atoms with van der Waals surface area (Å²) in [6, 6.07) is 2.36. The van der Waals surface area contributed by atoms with Crippen molar-refractivity contribution in [3.05, 3.63) is 11.8 Å². The quantitative estimate of drug-likeness (QED) is 0.909. The van der Waals surface area contributed by atoms with Gasteiger partial charge in [-0.2, -0.15) is 4.98 Å². The highest BCUT2D eigenvalue weighted by Gasteiger charge is 2.24. The molecule has 4 nitrogen and oxygen atoms in total. The number of nitrogens with zero attached hydrogens (tertiary/aromatic N) is 2. The summed E-state index contributed by atoms with van der Waals surface area (Å²) >= 11 is 0. The molecule has 1 saturated carbocycles. The first-order valence-corrected chi connectivity index (χ1v) is 7.71. The second-order valence-electron chi connectivity index (χ2n) is 6.60. The molecule has 1 fully saturated rings. The van der Waals surface area contributed by atoms with Crippen molar-refractivity contribution in [3.8, 4) is 5.88 Å². The smallest absolute Gasteiger partial charge is 0.226 e. The maximum Gasteiger partial charge on any atom is 0.226 e. The van der Waals surface area contributed by atoms with Gasteiger partial charge in [-0.25, -0.2) is 4.98 Å². The van der Waals surface area contributed by atoms with Crippen molar-refractivity contribution in [2.45, 2.75) is 66.0 Å². The number of hydrogen-bond donors (Lipinski definition) is 1. The molecule has 2 atom stereocenters. The minimum Gasteiger partial charge on any atom is -0.475 e. The molecule has 1 aromatic rings. The van der Waals surface area contributed by atoms with Crippen LogP contribution in [0, 0.1) is 18.8 Å². The first kappa shape index (κ1) is 15.1. The van der Waals surface area contributed by atoms with Crippen LogP contribution in [0.5, 0.6) is 5.88 Å². The molecule has 0 aliphatic heterocycles. The molecule has 20 heavy (non-hydrogen) atoms. The summed E-state index contributed by atoms with van der Waals surface area (Å²) in [7, 11) is 0. The zero-order valence-corrected chi connectivity index (χ0v) is 13.3. The average Bonchev–Trinajstić information content (AvgIpc) is 2.24. The minimum absolute atomic E-state index is 0.131. The van der Waals surface area contributed by atoms with Gasteiger partial charge in [-0.05, 0) is 51.9 Å². The maximum atomic E-state index is 5.68. The van der Waals surface area contributed by atoms with Crippen LogP contribution in [-0.4, -0.2) is 22.1 Å². The number of ether oxygens (including phenoxy) is 1. The predicted molar refractivity (Wildman–Crippen MR) is 82.1 cm³/mol. The zero-order valence-electron chi connectivity index (χ0n) is 13.3. The lowest BCUT2D eigenvalue weighted by molar-refractivity contribution is 0.232. The van der Waals surface area contributed by atoms with E-state index in [1.54, 1.807) is 0 Å². The zero-order chi connectivity index (χ0) is 14.7. The van der Waals surface area contributed by atoms with Gasteiger partial charge in [0.1, 0.15) is 0 Å². The van der Waals surface area contributed by atoms with Crippen LogP contribution >= 0.6 is 0 Å². The number of aryl methyl sites for hydroxylation is 1. The lowest BCUT2D eigenvalue weighted by atomic mass is 9.80. The van der Waals surface area contributed by atoms with Crippen molar-refractivity contribution in [2.24, 2.45) is 11.8 Å². The van der Waals surface area contributed by atoms with E-state index in [-0.39, 0.29) is 6.10 Å². The van der Waals surface area contributed by atoms with Crippen molar-refractivity contribution in [1.82, 2.24) is 9.97 Å². The fraction of sp³-hybridized carbons (Fsp3) is 0.750. The summed E-state index contributed by atoms with van der Waals surface area (Å²) in [5.41, 5.74) is 0.940. The summed E-state index contributed by atoms with van der Waals surface area (Å²) in [5.74, 6) is 2.90. The van der Waals surface area contributed by atoms with Gasteiger partial charge in [0.15, 0.2) is 0 Å². The summed E-state index contributed by atoms with van der Waals surface area (Å²) in [6.07, 6.45) is 3.85. The largest absolute Gasteiger partial charge is 0.475 e. The fourth-order valence-electron chi connectivity index (χ4n) is 3.15. The standard InChI is InChI=1S/C16H27N3O/c1-10(2)20-15-9-13(5)17-16(19-15)18-14-7-11(3)6-12(4)8-14/h9-12,14H,6-8H2,1-5H3,(H,17,18,19). The van der Waals surface area contributed by atoms with E-state index in [1.807, 2.05) is 26.8 Å². The van der Waals surface area contributed by atoms with Crippen molar-refractivity contribution in [1.29, 1.82) is 0 Å². The van der Waals surface area contributed by atoms with E-state index in [0.29, 0.717) is 17.9 Å². The minimum atomic E-state index is 0.131. The Morgan fingerprint density at radius 3 is 2.40 bits per heavy atom. The van der Waals surface area contributed by atoms with E-state index in [9.17, 15) is 0 Å². The molecule has 1 aliphatic carbocycles. The molecule has 0 radical (unpaired) electrons. The monoisotopic (exact) mass is 277 g/mol. The molecule has 1 N–H and O–H groups in total. The molecular formula is C16H27N3O. The highest BCUT2D eigenvalue weighted by molar-refractivity contribution is 5.32. The van der Waals surface area contributed by atoms with Crippen LogP contribution in [0.25, 0.3) is 0 Å². The molecule has 2 rings (SSSR count). The van der Waals surface area contributed by atoms with Crippen molar-refractivity contribution >= 4 is 5.95 Å². The molecule has 0 bridgehead atoms. The van der Waals surface area contributed by atoms with Crippen LogP contribution < -0.4 is 10.1 Å². The Morgan fingerprint density at radius 1 is 1.15 bits per heavy atom. The molecule has 1 heterocycles. The lowest BCUT2D eigenvalue weighted by Crippen LogP contribution is -2.31. The third kappa shape index (κ3) is 4.36. The molecule has 0 aromatic carbocycles. The number of nitrogens with one attached hydrogen (secondary N) is 1. The van der Waals surface area contributed by atoms with Gasteiger partial charge >= 0.3 is 0 Å². The average molecular weight is 277 g/mol. The van der Waals surface area contributed by atoms with E-state index in [4.69, 9.17) is 4.74 Å². The first-order chi connectivity index (χ1) is 9.42. The van der Waals surface area contributed by atoms with Crippen LogP contribution in [0.3, 0.4) is 0 Å². The Hall–Kier alpha value is -1.32. The predicted octanol–water partition coefficient (Wildman–Crippen LogP) is 3.81. The Labute approximate surface area is 122 Å². The summed E-state index contributed by atoms with van der Waals surface area (Å²) < 4.78 is 5.68. The van der Waals surface area contributed by atoms with Gasteiger partial charge in [0.2, 0.25) is 11.8 Å². The summed E-state index contributed by atoms with van der Waals surface area (Å²) in [5, 5.41) is 3.49. The van der Waals surface area contributed by atoms with Crippen LogP contribution in [0.1, 0.15) is 52.7 Å². The van der Waals surface area contributed by atoms with Gasteiger partial charge in [-0.1, -0.05) is 13.8 Å². The molecule has 2 unspecified atom stereocenters. The van der Waals surface area contributed by atoms with E-state index < -0.39 is 0 Å². The summed E-state index contributed by atoms with van der Waals surface area (Å²) in [4.78, 5) is 8.96. The Kier molecular flexibility index (Phi) is 4.84. The Morgan fingerprint density at radius 2 is 1.80 bits per heavy atom. The highest BCUT2D eigenvalue weighted by Crippen LogP contribution is 2.30. The third-order valence-corrected chi connectivity index (χ3v) is 3.70. The molecule has 0 saturated heterocycles. The number of rotatable bonds is 4. The van der Waals surface area contributed by atoms with Gasteiger partial charge in [-0.3, -0.25) is 0 Å². The van der Waals surface area contributed by atoms with Crippen LogP contribution in [0.4, 0.5) is 5.95 Å². The highest BCUT2D eigenvalue weighted by atomic mass is 16.5. The fourth-order valence-corrected chi connectivity index (χ4v) is 3.15. The maximum absolute atomic E-state index is 5.68. The first-order valence-electron chi connectivity index (χ1n) is 7.71. The summed E-state index contributed by atoms with van der Waals surface area (Å²) in [6.45, 7) is 10.7. The third-order valence-electron chi connectivity index (χ3n) is 3.70. The van der Waals surface area contributed by atoms with Crippen molar-refractivity contribution in [2.75, 3.05) is 5.32 Å². The molecular weight excluding hydrogens is 250 g/mol. The topological polar surface area (TPSA) is 47.0 Å². The van der Waals surface area contributed by atoms with Crippen molar-refractivity contribution in [3.63, 3.8) is 0 Å². The lowest BCUT2D eigenvalue weighted by Gasteiger charge is -2.32. The molecule has 1 aromatic heterocycles. The van der Waals surface area contributed by atoms with Gasteiger partial charge in [-0.15, -0.1) is 0 Å². The molecule has 0 amide bonds. The van der Waals surface area contributed by atoms with E-state index in [0.717, 1.165) is 17.5 Å². The molecule has 112 valence electrons. The number of anilines is 1. The second kappa shape index (κ2) is 6.42.